The number of hydrogen-bond donors (Lipinski definition) is 1. The number of likely N-dealkylation sites (N-methyl/N-ethyl adjacent to an activating group) is 1. The largest absolute Gasteiger partial charge is 0.464 e. The van der Waals surface area contributed by atoms with Gasteiger partial charge in [-0.3, -0.25) is 10.00 Å². The fourth-order valence-electron chi connectivity index (χ4n) is 2.24. The van der Waals surface area contributed by atoms with E-state index in [1.165, 1.54) is 0 Å². The zero-order valence-electron chi connectivity index (χ0n) is 12.0. The van der Waals surface area contributed by atoms with Gasteiger partial charge in [0.2, 0.25) is 0 Å². The number of rotatable bonds is 6. The molecule has 5 nitrogen and oxygen atoms in total. The number of ether oxygens (including phenoxy) is 1. The van der Waals surface area contributed by atoms with E-state index in [4.69, 9.17) is 4.74 Å². The van der Waals surface area contributed by atoms with Crippen molar-refractivity contribution in [3.63, 3.8) is 0 Å². The Hall–Kier alpha value is -1.66. The molecule has 21 heavy (non-hydrogen) atoms. The minimum atomic E-state index is -0.970. The molecule has 0 radical (unpaired) electrons. The molecule has 0 fully saturated rings. The predicted molar refractivity (Wildman–Crippen MR) is 83.7 cm³/mol. The first kappa shape index (κ1) is 15.7. The molecule has 0 aliphatic heterocycles. The van der Waals surface area contributed by atoms with E-state index >= 15 is 0 Å². The average molecular weight is 352 g/mol. The van der Waals surface area contributed by atoms with Gasteiger partial charge in [0.25, 0.3) is 0 Å². The second kappa shape index (κ2) is 6.87. The Balaban J connectivity index is 2.43. The topological polar surface area (TPSA) is 56.2 Å². The van der Waals surface area contributed by atoms with Crippen LogP contribution in [0.3, 0.4) is 0 Å². The molecule has 1 N–H and O–H groups in total. The molecule has 0 amide bonds. The summed E-state index contributed by atoms with van der Waals surface area (Å²) >= 11 is 3.37. The van der Waals surface area contributed by atoms with Gasteiger partial charge in [-0.1, -0.05) is 30.3 Å². The minimum Gasteiger partial charge on any atom is -0.464 e. The molecule has 1 atom stereocenters. The van der Waals surface area contributed by atoms with E-state index in [2.05, 4.69) is 26.3 Å². The van der Waals surface area contributed by atoms with Crippen LogP contribution >= 0.6 is 15.9 Å². The molecule has 0 bridgehead atoms. The monoisotopic (exact) mass is 351 g/mol. The van der Waals surface area contributed by atoms with Crippen molar-refractivity contribution < 1.29 is 9.53 Å². The zero-order chi connectivity index (χ0) is 15.3. The first-order valence-corrected chi connectivity index (χ1v) is 7.51. The number of nitrogens with zero attached hydrogens (tertiary/aromatic N) is 2. The van der Waals surface area contributed by atoms with Gasteiger partial charge < -0.3 is 4.74 Å². The van der Waals surface area contributed by atoms with Crippen molar-refractivity contribution in [2.24, 2.45) is 0 Å². The maximum absolute atomic E-state index is 12.6. The fraction of sp³-hybridized carbons (Fsp3) is 0.333. The van der Waals surface area contributed by atoms with E-state index < -0.39 is 5.54 Å². The van der Waals surface area contributed by atoms with Crippen LogP contribution in [0.4, 0.5) is 0 Å². The Kier molecular flexibility index (Phi) is 5.14. The van der Waals surface area contributed by atoms with Gasteiger partial charge in [0.15, 0.2) is 5.54 Å². The molecule has 1 heterocycles. The van der Waals surface area contributed by atoms with Crippen LogP contribution in [0.5, 0.6) is 0 Å². The van der Waals surface area contributed by atoms with Crippen LogP contribution in [0.1, 0.15) is 12.5 Å². The summed E-state index contributed by atoms with van der Waals surface area (Å²) < 4.78 is 7.86. The van der Waals surface area contributed by atoms with Gasteiger partial charge in [0, 0.05) is 6.20 Å². The number of halogens is 1. The van der Waals surface area contributed by atoms with Crippen molar-refractivity contribution in [2.45, 2.75) is 19.0 Å². The number of hydrogen-bond acceptors (Lipinski definition) is 4. The lowest BCUT2D eigenvalue weighted by molar-refractivity contribution is -0.152. The van der Waals surface area contributed by atoms with Crippen LogP contribution in [-0.2, 0) is 21.6 Å². The number of carbonyl (C=O) groups is 1. The highest BCUT2D eigenvalue weighted by atomic mass is 79.9. The summed E-state index contributed by atoms with van der Waals surface area (Å²) in [6.45, 7) is 2.48. The fourth-order valence-corrected chi connectivity index (χ4v) is 2.57. The van der Waals surface area contributed by atoms with Crippen molar-refractivity contribution in [2.75, 3.05) is 13.7 Å². The summed E-state index contributed by atoms with van der Waals surface area (Å²) in [5.41, 5.74) is -0.125. The summed E-state index contributed by atoms with van der Waals surface area (Å²) in [6, 6.07) is 9.54. The second-order valence-corrected chi connectivity index (χ2v) is 5.51. The Morgan fingerprint density at radius 1 is 1.43 bits per heavy atom. The third kappa shape index (κ3) is 3.33. The van der Waals surface area contributed by atoms with Crippen molar-refractivity contribution in [3.05, 3.63) is 52.8 Å². The van der Waals surface area contributed by atoms with Gasteiger partial charge in [-0.2, -0.15) is 5.10 Å². The second-order valence-electron chi connectivity index (χ2n) is 4.60. The molecule has 2 aromatic rings. The molecule has 1 aromatic carbocycles. The molecular weight excluding hydrogens is 334 g/mol. The average Bonchev–Trinajstić information content (AvgIpc) is 2.91. The van der Waals surface area contributed by atoms with Crippen molar-refractivity contribution >= 4 is 21.9 Å². The van der Waals surface area contributed by atoms with Crippen molar-refractivity contribution in [3.8, 4) is 0 Å². The Labute approximate surface area is 132 Å². The number of aromatic nitrogens is 2. The maximum Gasteiger partial charge on any atom is 0.332 e. The molecule has 6 heteroatoms. The van der Waals surface area contributed by atoms with E-state index in [1.807, 2.05) is 36.5 Å². The zero-order valence-corrected chi connectivity index (χ0v) is 13.6. The SMILES string of the molecule is CCOC(=O)C(Cn1cc(Br)cn1)(NC)c1ccccc1. The number of nitrogens with one attached hydrogen (secondary N) is 1. The molecule has 0 spiro atoms. The van der Waals surface area contributed by atoms with Gasteiger partial charge in [0.05, 0.1) is 23.8 Å². The van der Waals surface area contributed by atoms with Crippen LogP contribution in [-0.4, -0.2) is 29.4 Å². The standard InChI is InChI=1S/C15H18BrN3O2/c1-3-21-14(20)15(17-2,12-7-5-4-6-8-12)11-19-10-13(16)9-18-19/h4-10,17H,3,11H2,1-2H3. The highest BCUT2D eigenvalue weighted by Gasteiger charge is 2.41. The number of benzene rings is 1. The normalized spacial score (nSPS) is 13.7. The summed E-state index contributed by atoms with van der Waals surface area (Å²) in [5.74, 6) is -0.315. The highest BCUT2D eigenvalue weighted by Crippen LogP contribution is 2.25. The Bertz CT molecular complexity index is 600. The van der Waals surface area contributed by atoms with Gasteiger partial charge in [0.1, 0.15) is 0 Å². The predicted octanol–water partition coefficient (Wildman–Crippen LogP) is 2.32. The van der Waals surface area contributed by atoms with E-state index in [-0.39, 0.29) is 5.97 Å². The van der Waals surface area contributed by atoms with Crippen molar-refractivity contribution in [1.82, 2.24) is 15.1 Å². The molecule has 0 aliphatic carbocycles. The summed E-state index contributed by atoms with van der Waals surface area (Å²) in [6.07, 6.45) is 3.52. The molecule has 1 aromatic heterocycles. The van der Waals surface area contributed by atoms with Gasteiger partial charge >= 0.3 is 5.97 Å². The van der Waals surface area contributed by atoms with Crippen LogP contribution in [0.15, 0.2) is 47.2 Å². The van der Waals surface area contributed by atoms with Crippen LogP contribution in [0.2, 0.25) is 0 Å². The summed E-state index contributed by atoms with van der Waals surface area (Å²) in [4.78, 5) is 12.6. The molecule has 112 valence electrons. The summed E-state index contributed by atoms with van der Waals surface area (Å²) in [5, 5.41) is 7.36. The molecule has 0 aliphatic rings. The smallest absolute Gasteiger partial charge is 0.332 e. The first-order valence-electron chi connectivity index (χ1n) is 6.72. The molecular formula is C15H18BrN3O2. The van der Waals surface area contributed by atoms with E-state index in [1.54, 1.807) is 24.9 Å². The molecule has 0 saturated heterocycles. The maximum atomic E-state index is 12.6. The van der Waals surface area contributed by atoms with E-state index in [0.717, 1.165) is 10.0 Å². The van der Waals surface area contributed by atoms with Gasteiger partial charge in [-0.15, -0.1) is 0 Å². The summed E-state index contributed by atoms with van der Waals surface area (Å²) in [7, 11) is 1.75. The first-order chi connectivity index (χ1) is 10.1. The number of esters is 1. The van der Waals surface area contributed by atoms with E-state index in [0.29, 0.717) is 13.2 Å². The molecule has 0 saturated carbocycles. The Morgan fingerprint density at radius 3 is 2.67 bits per heavy atom. The highest BCUT2D eigenvalue weighted by molar-refractivity contribution is 9.10. The third-order valence-electron chi connectivity index (χ3n) is 3.32. The van der Waals surface area contributed by atoms with Crippen LogP contribution in [0.25, 0.3) is 0 Å². The van der Waals surface area contributed by atoms with E-state index in [9.17, 15) is 4.79 Å². The van der Waals surface area contributed by atoms with Crippen LogP contribution in [0, 0.1) is 0 Å². The lowest BCUT2D eigenvalue weighted by Crippen LogP contribution is -2.51. The number of carbonyl (C=O) groups excluding carboxylic acids is 1. The van der Waals surface area contributed by atoms with Crippen LogP contribution < -0.4 is 5.32 Å². The van der Waals surface area contributed by atoms with Crippen molar-refractivity contribution in [1.29, 1.82) is 0 Å². The third-order valence-corrected chi connectivity index (χ3v) is 3.73. The lowest BCUT2D eigenvalue weighted by atomic mass is 9.90. The van der Waals surface area contributed by atoms with Gasteiger partial charge in [-0.25, -0.2) is 4.79 Å². The molecule has 1 unspecified atom stereocenters. The Morgan fingerprint density at radius 2 is 2.14 bits per heavy atom. The van der Waals surface area contributed by atoms with Gasteiger partial charge in [-0.05, 0) is 35.5 Å². The molecule has 2 rings (SSSR count). The lowest BCUT2D eigenvalue weighted by Gasteiger charge is -2.31. The quantitative estimate of drug-likeness (QED) is 0.811. The minimum absolute atomic E-state index is 0.315.